The highest BCUT2D eigenvalue weighted by Gasteiger charge is 2.02. The van der Waals surface area contributed by atoms with Gasteiger partial charge in [-0.15, -0.1) is 0 Å². The van der Waals surface area contributed by atoms with Crippen LogP contribution in [-0.2, 0) is 22.4 Å². The maximum Gasteiger partial charge on any atom is 0.220 e. The van der Waals surface area contributed by atoms with Crippen molar-refractivity contribution in [3.63, 3.8) is 0 Å². The van der Waals surface area contributed by atoms with E-state index in [2.05, 4.69) is 41.8 Å². The van der Waals surface area contributed by atoms with Gasteiger partial charge in [-0.1, -0.05) is 31.2 Å². The number of carbonyl (C=O) groups excluding carboxylic acids is 2. The van der Waals surface area contributed by atoms with Gasteiger partial charge in [0.25, 0.3) is 0 Å². The number of aryl methyl sites for hydroxylation is 2. The summed E-state index contributed by atoms with van der Waals surface area (Å²) in [4.78, 5) is 22.4. The molecule has 1 aromatic carbocycles. The lowest BCUT2D eigenvalue weighted by molar-refractivity contribution is -0.121. The van der Waals surface area contributed by atoms with Gasteiger partial charge in [0.1, 0.15) is 0 Å². The molecule has 0 saturated carbocycles. The third kappa shape index (κ3) is 8.12. The van der Waals surface area contributed by atoms with Gasteiger partial charge in [-0.05, 0) is 36.8 Å². The van der Waals surface area contributed by atoms with Gasteiger partial charge in [-0.3, -0.25) is 9.59 Å². The maximum absolute atomic E-state index is 11.7. The normalized spacial score (nSPS) is 10.2. The summed E-state index contributed by atoms with van der Waals surface area (Å²) in [5.41, 5.74) is 2.52. The van der Waals surface area contributed by atoms with E-state index in [1.165, 1.54) is 18.1 Å². The van der Waals surface area contributed by atoms with Crippen molar-refractivity contribution in [2.45, 2.75) is 46.0 Å². The molecule has 0 heterocycles. The fraction of sp³-hybridized carbons (Fsp3) is 0.529. The first-order valence-electron chi connectivity index (χ1n) is 7.70. The van der Waals surface area contributed by atoms with Gasteiger partial charge in [0.05, 0.1) is 0 Å². The minimum absolute atomic E-state index is 0.00636. The molecule has 0 aromatic heterocycles. The van der Waals surface area contributed by atoms with E-state index in [1.54, 1.807) is 0 Å². The molecule has 0 atom stereocenters. The Hall–Kier alpha value is -1.84. The average molecular weight is 290 g/mol. The second-order valence-corrected chi connectivity index (χ2v) is 5.21. The predicted octanol–water partition coefficient (Wildman–Crippen LogP) is 2.21. The Morgan fingerprint density at radius 1 is 0.952 bits per heavy atom. The van der Waals surface area contributed by atoms with Crippen molar-refractivity contribution in [2.75, 3.05) is 13.1 Å². The van der Waals surface area contributed by atoms with Crippen LogP contribution in [0.15, 0.2) is 24.3 Å². The van der Waals surface area contributed by atoms with Crippen LogP contribution in [0.1, 0.15) is 44.2 Å². The third-order valence-corrected chi connectivity index (χ3v) is 3.37. The summed E-state index contributed by atoms with van der Waals surface area (Å²) in [6.07, 6.45) is 4.12. The maximum atomic E-state index is 11.7. The Labute approximate surface area is 127 Å². The molecule has 0 spiro atoms. The number of benzene rings is 1. The highest BCUT2D eigenvalue weighted by molar-refractivity contribution is 5.76. The van der Waals surface area contributed by atoms with E-state index in [0.29, 0.717) is 19.5 Å². The Morgan fingerprint density at radius 3 is 2.10 bits per heavy atom. The van der Waals surface area contributed by atoms with E-state index in [9.17, 15) is 9.59 Å². The van der Waals surface area contributed by atoms with Crippen LogP contribution in [0.25, 0.3) is 0 Å². The summed E-state index contributed by atoms with van der Waals surface area (Å²) in [7, 11) is 0. The summed E-state index contributed by atoms with van der Waals surface area (Å²) in [5, 5.41) is 5.65. The monoisotopic (exact) mass is 290 g/mol. The molecule has 116 valence electrons. The lowest BCUT2D eigenvalue weighted by Crippen LogP contribution is -2.26. The standard InChI is InChI=1S/C17H26N2O2/c1-3-15-6-8-16(9-7-15)10-11-17(21)19-13-5-4-12-18-14(2)20/h6-9H,3-5,10-13H2,1-2H3,(H,18,20)(H,19,21). The number of hydrogen-bond acceptors (Lipinski definition) is 2. The minimum atomic E-state index is -0.00636. The molecule has 0 aliphatic rings. The lowest BCUT2D eigenvalue weighted by atomic mass is 10.1. The smallest absolute Gasteiger partial charge is 0.220 e. The van der Waals surface area contributed by atoms with Crippen LogP contribution in [0.3, 0.4) is 0 Å². The molecule has 0 fully saturated rings. The van der Waals surface area contributed by atoms with Crippen molar-refractivity contribution in [1.82, 2.24) is 10.6 Å². The molecule has 1 aromatic rings. The quantitative estimate of drug-likeness (QED) is 0.685. The molecule has 0 bridgehead atoms. The zero-order chi connectivity index (χ0) is 15.5. The van der Waals surface area contributed by atoms with Crippen LogP contribution < -0.4 is 10.6 Å². The molecule has 21 heavy (non-hydrogen) atoms. The summed E-state index contributed by atoms with van der Waals surface area (Å²) < 4.78 is 0. The van der Waals surface area contributed by atoms with Crippen molar-refractivity contribution in [2.24, 2.45) is 0 Å². The van der Waals surface area contributed by atoms with Gasteiger partial charge in [-0.25, -0.2) is 0 Å². The molecular formula is C17H26N2O2. The fourth-order valence-corrected chi connectivity index (χ4v) is 2.03. The number of unbranched alkanes of at least 4 members (excludes halogenated alkanes) is 1. The molecule has 0 saturated heterocycles. The Kier molecular flexibility index (Phi) is 8.17. The van der Waals surface area contributed by atoms with Crippen molar-refractivity contribution >= 4 is 11.8 Å². The average Bonchev–Trinajstić information content (AvgIpc) is 2.49. The third-order valence-electron chi connectivity index (χ3n) is 3.37. The molecule has 2 N–H and O–H groups in total. The first-order chi connectivity index (χ1) is 10.1. The Balaban J connectivity index is 2.09. The second-order valence-electron chi connectivity index (χ2n) is 5.21. The molecule has 0 unspecified atom stereocenters. The van der Waals surface area contributed by atoms with E-state index in [1.807, 2.05) is 0 Å². The van der Waals surface area contributed by atoms with Gasteiger partial charge >= 0.3 is 0 Å². The van der Waals surface area contributed by atoms with Crippen LogP contribution in [0.4, 0.5) is 0 Å². The zero-order valence-corrected chi connectivity index (χ0v) is 13.1. The largest absolute Gasteiger partial charge is 0.356 e. The number of rotatable bonds is 9. The van der Waals surface area contributed by atoms with Crippen LogP contribution in [0.2, 0.25) is 0 Å². The van der Waals surface area contributed by atoms with Crippen molar-refractivity contribution in [1.29, 1.82) is 0 Å². The molecule has 4 heteroatoms. The van der Waals surface area contributed by atoms with Gasteiger partial charge in [0.2, 0.25) is 11.8 Å². The molecule has 0 aliphatic carbocycles. The number of hydrogen-bond donors (Lipinski definition) is 2. The number of amides is 2. The molecule has 0 radical (unpaired) electrons. The van der Waals surface area contributed by atoms with Crippen LogP contribution in [0, 0.1) is 0 Å². The molecule has 1 rings (SSSR count). The van der Waals surface area contributed by atoms with E-state index in [0.717, 1.165) is 25.7 Å². The van der Waals surface area contributed by atoms with Crippen LogP contribution >= 0.6 is 0 Å². The highest BCUT2D eigenvalue weighted by Crippen LogP contribution is 2.07. The summed E-state index contributed by atoms with van der Waals surface area (Å²) >= 11 is 0. The van der Waals surface area contributed by atoms with Gasteiger partial charge in [0, 0.05) is 26.4 Å². The van der Waals surface area contributed by atoms with E-state index in [4.69, 9.17) is 0 Å². The van der Waals surface area contributed by atoms with E-state index < -0.39 is 0 Å². The number of nitrogens with one attached hydrogen (secondary N) is 2. The SMILES string of the molecule is CCc1ccc(CCC(=O)NCCCCNC(C)=O)cc1. The second kappa shape index (κ2) is 9.97. The van der Waals surface area contributed by atoms with E-state index in [-0.39, 0.29) is 11.8 Å². The van der Waals surface area contributed by atoms with Gasteiger partial charge < -0.3 is 10.6 Å². The summed E-state index contributed by atoms with van der Waals surface area (Å²) in [6, 6.07) is 8.43. The fourth-order valence-electron chi connectivity index (χ4n) is 2.03. The Bertz CT molecular complexity index is 441. The first-order valence-corrected chi connectivity index (χ1v) is 7.70. The van der Waals surface area contributed by atoms with E-state index >= 15 is 0 Å². The lowest BCUT2D eigenvalue weighted by Gasteiger charge is -2.06. The van der Waals surface area contributed by atoms with Crippen molar-refractivity contribution in [3.05, 3.63) is 35.4 Å². The topological polar surface area (TPSA) is 58.2 Å². The summed E-state index contributed by atoms with van der Waals surface area (Å²) in [6.45, 7) is 4.99. The molecule has 2 amide bonds. The first kappa shape index (κ1) is 17.2. The summed E-state index contributed by atoms with van der Waals surface area (Å²) in [5.74, 6) is 0.0854. The molecular weight excluding hydrogens is 264 g/mol. The van der Waals surface area contributed by atoms with Crippen molar-refractivity contribution in [3.8, 4) is 0 Å². The number of carbonyl (C=O) groups is 2. The molecule has 4 nitrogen and oxygen atoms in total. The van der Waals surface area contributed by atoms with Crippen LogP contribution in [-0.4, -0.2) is 24.9 Å². The minimum Gasteiger partial charge on any atom is -0.356 e. The van der Waals surface area contributed by atoms with Crippen molar-refractivity contribution < 1.29 is 9.59 Å². The van der Waals surface area contributed by atoms with Crippen LogP contribution in [0.5, 0.6) is 0 Å². The zero-order valence-electron chi connectivity index (χ0n) is 13.1. The highest BCUT2D eigenvalue weighted by atomic mass is 16.2. The molecule has 0 aliphatic heterocycles. The predicted molar refractivity (Wildman–Crippen MR) is 85.1 cm³/mol. The van der Waals surface area contributed by atoms with Gasteiger partial charge in [-0.2, -0.15) is 0 Å². The van der Waals surface area contributed by atoms with Gasteiger partial charge in [0.15, 0.2) is 0 Å². The Morgan fingerprint density at radius 2 is 1.52 bits per heavy atom.